The standard InChI is InChI=1S/C16H32N2O3/c1-5-20-11-10-17-14-9-7-6-8-13(14)12-18-15(19)21-16(2,3)4/h13-14,17H,5-12H2,1-4H3,(H,18,19). The van der Waals surface area contributed by atoms with Crippen molar-refractivity contribution in [2.75, 3.05) is 26.3 Å². The molecule has 0 aliphatic heterocycles. The van der Waals surface area contributed by atoms with E-state index in [0.717, 1.165) is 26.2 Å². The van der Waals surface area contributed by atoms with Gasteiger partial charge in [0.2, 0.25) is 0 Å². The molecule has 1 amide bonds. The van der Waals surface area contributed by atoms with Crippen LogP contribution in [0.2, 0.25) is 0 Å². The molecule has 5 nitrogen and oxygen atoms in total. The van der Waals surface area contributed by atoms with Gasteiger partial charge in [0.25, 0.3) is 0 Å². The van der Waals surface area contributed by atoms with Crippen LogP contribution in [0.15, 0.2) is 0 Å². The zero-order chi connectivity index (χ0) is 15.7. The van der Waals surface area contributed by atoms with Gasteiger partial charge in [-0.1, -0.05) is 12.8 Å². The van der Waals surface area contributed by atoms with E-state index < -0.39 is 5.60 Å². The number of carbonyl (C=O) groups is 1. The number of hydrogen-bond donors (Lipinski definition) is 2. The fourth-order valence-corrected chi connectivity index (χ4v) is 2.71. The Morgan fingerprint density at radius 1 is 1.24 bits per heavy atom. The van der Waals surface area contributed by atoms with Crippen LogP contribution in [0.3, 0.4) is 0 Å². The summed E-state index contributed by atoms with van der Waals surface area (Å²) in [5, 5.41) is 6.47. The first-order valence-electron chi connectivity index (χ1n) is 8.20. The Morgan fingerprint density at radius 2 is 1.95 bits per heavy atom. The van der Waals surface area contributed by atoms with Crippen LogP contribution in [0.25, 0.3) is 0 Å². The number of hydrogen-bond acceptors (Lipinski definition) is 4. The summed E-state index contributed by atoms with van der Waals surface area (Å²) in [6, 6.07) is 0.467. The Balaban J connectivity index is 2.30. The van der Waals surface area contributed by atoms with Crippen molar-refractivity contribution in [1.29, 1.82) is 0 Å². The Hall–Kier alpha value is -0.810. The molecule has 1 aliphatic carbocycles. The van der Waals surface area contributed by atoms with Gasteiger partial charge in [0.05, 0.1) is 6.61 Å². The zero-order valence-corrected chi connectivity index (χ0v) is 14.0. The minimum Gasteiger partial charge on any atom is -0.444 e. The lowest BCUT2D eigenvalue weighted by atomic mass is 9.84. The fourth-order valence-electron chi connectivity index (χ4n) is 2.71. The van der Waals surface area contributed by atoms with E-state index in [9.17, 15) is 4.79 Å². The summed E-state index contributed by atoms with van der Waals surface area (Å²) in [6.45, 7) is 10.7. The molecular formula is C16H32N2O3. The predicted molar refractivity (Wildman–Crippen MR) is 84.5 cm³/mol. The van der Waals surface area contributed by atoms with Crippen molar-refractivity contribution < 1.29 is 14.3 Å². The van der Waals surface area contributed by atoms with Crippen molar-refractivity contribution in [2.24, 2.45) is 5.92 Å². The Labute approximate surface area is 129 Å². The third-order valence-electron chi connectivity index (χ3n) is 3.67. The van der Waals surface area contributed by atoms with Crippen molar-refractivity contribution >= 4 is 6.09 Å². The average Bonchev–Trinajstić information content (AvgIpc) is 2.40. The molecule has 21 heavy (non-hydrogen) atoms. The van der Waals surface area contributed by atoms with Gasteiger partial charge < -0.3 is 20.1 Å². The van der Waals surface area contributed by atoms with Crippen molar-refractivity contribution in [2.45, 2.75) is 65.0 Å². The van der Waals surface area contributed by atoms with Crippen LogP contribution in [0.1, 0.15) is 53.4 Å². The highest BCUT2D eigenvalue weighted by atomic mass is 16.6. The van der Waals surface area contributed by atoms with E-state index in [1.807, 2.05) is 27.7 Å². The SMILES string of the molecule is CCOCCNC1CCCCC1CNC(=O)OC(C)(C)C. The van der Waals surface area contributed by atoms with Crippen LogP contribution in [-0.4, -0.2) is 44.0 Å². The van der Waals surface area contributed by atoms with E-state index in [1.54, 1.807) is 0 Å². The summed E-state index contributed by atoms with van der Waals surface area (Å²) < 4.78 is 10.6. The van der Waals surface area contributed by atoms with Crippen molar-refractivity contribution in [3.8, 4) is 0 Å². The number of rotatable bonds is 7. The summed E-state index contributed by atoms with van der Waals surface area (Å²) in [5.74, 6) is 0.480. The first kappa shape index (κ1) is 18.2. The van der Waals surface area contributed by atoms with Crippen LogP contribution >= 0.6 is 0 Å². The molecule has 2 unspecified atom stereocenters. The van der Waals surface area contributed by atoms with Gasteiger partial charge in [-0.2, -0.15) is 0 Å². The van der Waals surface area contributed by atoms with Crippen molar-refractivity contribution in [3.05, 3.63) is 0 Å². The maximum absolute atomic E-state index is 11.7. The summed E-state index contributed by atoms with van der Waals surface area (Å²) >= 11 is 0. The number of carbonyl (C=O) groups excluding carboxylic acids is 1. The molecule has 1 fully saturated rings. The van der Waals surface area contributed by atoms with Crippen LogP contribution in [0.5, 0.6) is 0 Å². The highest BCUT2D eigenvalue weighted by molar-refractivity contribution is 5.67. The maximum Gasteiger partial charge on any atom is 0.407 e. The Morgan fingerprint density at radius 3 is 2.62 bits per heavy atom. The predicted octanol–water partition coefficient (Wildman–Crippen LogP) is 2.70. The molecule has 1 rings (SSSR count). The van der Waals surface area contributed by atoms with Gasteiger partial charge in [0, 0.05) is 25.7 Å². The summed E-state index contributed by atoms with van der Waals surface area (Å²) in [6.07, 6.45) is 4.51. The molecule has 0 bridgehead atoms. The lowest BCUT2D eigenvalue weighted by Gasteiger charge is -2.32. The monoisotopic (exact) mass is 300 g/mol. The molecule has 124 valence electrons. The second-order valence-electron chi connectivity index (χ2n) is 6.68. The van der Waals surface area contributed by atoms with Gasteiger partial charge in [-0.05, 0) is 46.5 Å². The largest absolute Gasteiger partial charge is 0.444 e. The number of amides is 1. The Kier molecular flexibility index (Phi) is 8.04. The summed E-state index contributed by atoms with van der Waals surface area (Å²) in [7, 11) is 0. The highest BCUT2D eigenvalue weighted by Crippen LogP contribution is 2.24. The zero-order valence-electron chi connectivity index (χ0n) is 14.0. The van der Waals surface area contributed by atoms with E-state index in [-0.39, 0.29) is 6.09 Å². The number of alkyl carbamates (subject to hydrolysis) is 1. The fraction of sp³-hybridized carbons (Fsp3) is 0.938. The number of nitrogens with one attached hydrogen (secondary N) is 2. The smallest absolute Gasteiger partial charge is 0.407 e. The summed E-state index contributed by atoms with van der Waals surface area (Å²) in [4.78, 5) is 11.7. The molecule has 0 spiro atoms. The van der Waals surface area contributed by atoms with E-state index in [4.69, 9.17) is 9.47 Å². The van der Waals surface area contributed by atoms with Crippen molar-refractivity contribution in [3.63, 3.8) is 0 Å². The minimum atomic E-state index is -0.439. The normalized spacial score (nSPS) is 22.9. The van der Waals surface area contributed by atoms with Gasteiger partial charge >= 0.3 is 6.09 Å². The lowest BCUT2D eigenvalue weighted by Crippen LogP contribution is -2.45. The molecule has 1 aliphatic rings. The summed E-state index contributed by atoms with van der Waals surface area (Å²) in [5.41, 5.74) is -0.439. The van der Waals surface area contributed by atoms with Gasteiger partial charge in [0.15, 0.2) is 0 Å². The quantitative estimate of drug-likeness (QED) is 0.710. The molecular weight excluding hydrogens is 268 g/mol. The van der Waals surface area contributed by atoms with E-state index in [1.165, 1.54) is 19.3 Å². The first-order chi connectivity index (χ1) is 9.92. The molecule has 5 heteroatoms. The molecule has 0 aromatic rings. The third kappa shape index (κ3) is 8.27. The van der Waals surface area contributed by atoms with E-state index in [0.29, 0.717) is 18.5 Å². The van der Waals surface area contributed by atoms with E-state index >= 15 is 0 Å². The molecule has 1 saturated carbocycles. The maximum atomic E-state index is 11.7. The molecule has 0 aromatic carbocycles. The third-order valence-corrected chi connectivity index (χ3v) is 3.67. The van der Waals surface area contributed by atoms with Gasteiger partial charge in [-0.15, -0.1) is 0 Å². The second kappa shape index (κ2) is 9.26. The van der Waals surface area contributed by atoms with Crippen LogP contribution in [0.4, 0.5) is 4.79 Å². The molecule has 0 radical (unpaired) electrons. The van der Waals surface area contributed by atoms with Crippen molar-refractivity contribution in [1.82, 2.24) is 10.6 Å². The Bertz CT molecular complexity index is 302. The van der Waals surface area contributed by atoms with E-state index in [2.05, 4.69) is 10.6 Å². The van der Waals surface area contributed by atoms with Crippen LogP contribution in [-0.2, 0) is 9.47 Å². The lowest BCUT2D eigenvalue weighted by molar-refractivity contribution is 0.0509. The van der Waals surface area contributed by atoms with Gasteiger partial charge in [-0.3, -0.25) is 0 Å². The highest BCUT2D eigenvalue weighted by Gasteiger charge is 2.25. The minimum absolute atomic E-state index is 0.318. The second-order valence-corrected chi connectivity index (χ2v) is 6.68. The molecule has 0 heterocycles. The van der Waals surface area contributed by atoms with Crippen LogP contribution in [0, 0.1) is 5.92 Å². The first-order valence-corrected chi connectivity index (χ1v) is 8.20. The van der Waals surface area contributed by atoms with Crippen LogP contribution < -0.4 is 10.6 Å². The molecule has 2 atom stereocenters. The molecule has 0 aromatic heterocycles. The average molecular weight is 300 g/mol. The topological polar surface area (TPSA) is 59.6 Å². The van der Waals surface area contributed by atoms with Gasteiger partial charge in [0.1, 0.15) is 5.60 Å². The number of ether oxygens (including phenoxy) is 2. The molecule has 2 N–H and O–H groups in total. The van der Waals surface area contributed by atoms with Gasteiger partial charge in [-0.25, -0.2) is 4.79 Å². The molecule has 0 saturated heterocycles.